The molecule has 2 N–H and O–H groups in total. The quantitative estimate of drug-likeness (QED) is 0.839. The Morgan fingerprint density at radius 1 is 1.42 bits per heavy atom. The van der Waals surface area contributed by atoms with Gasteiger partial charge in [-0.1, -0.05) is 13.3 Å². The average Bonchev–Trinajstić information content (AvgIpc) is 2.46. The zero-order valence-electron chi connectivity index (χ0n) is 13.4. The maximum Gasteiger partial charge on any atom is 0.416 e. The molecular weight excluding hydrogens is 341 g/mol. The number of thioether (sulfide) groups is 1. The number of rotatable bonds is 5. The summed E-state index contributed by atoms with van der Waals surface area (Å²) in [5, 5.41) is 4.64. The van der Waals surface area contributed by atoms with Crippen molar-refractivity contribution in [2.45, 2.75) is 55.5 Å². The van der Waals surface area contributed by atoms with E-state index in [1.165, 1.54) is 6.07 Å². The van der Waals surface area contributed by atoms with Crippen LogP contribution in [0.2, 0.25) is 0 Å². The smallest absolute Gasteiger partial charge is 0.354 e. The van der Waals surface area contributed by atoms with Gasteiger partial charge >= 0.3 is 6.18 Å². The van der Waals surface area contributed by atoms with Crippen LogP contribution in [0, 0.1) is 0 Å². The molecule has 2 amide bonds. The lowest BCUT2D eigenvalue weighted by molar-refractivity contribution is -0.137. The third-order valence-corrected chi connectivity index (χ3v) is 4.90. The van der Waals surface area contributed by atoms with Crippen molar-refractivity contribution in [2.24, 2.45) is 0 Å². The third-order valence-electron chi connectivity index (χ3n) is 3.63. The summed E-state index contributed by atoms with van der Waals surface area (Å²) in [6.45, 7) is 3.91. The third kappa shape index (κ3) is 4.66. The molecule has 0 saturated carbocycles. The van der Waals surface area contributed by atoms with Gasteiger partial charge in [-0.25, -0.2) is 0 Å². The zero-order chi connectivity index (χ0) is 17.9. The molecule has 0 fully saturated rings. The van der Waals surface area contributed by atoms with Gasteiger partial charge in [-0.2, -0.15) is 13.2 Å². The lowest BCUT2D eigenvalue weighted by Crippen LogP contribution is -2.38. The lowest BCUT2D eigenvalue weighted by Gasteiger charge is -2.25. The number of carbonyl (C=O) groups excluding carboxylic acids is 2. The highest BCUT2D eigenvalue weighted by Gasteiger charge is 2.34. The van der Waals surface area contributed by atoms with E-state index in [2.05, 4.69) is 10.6 Å². The number of benzene rings is 1. The molecule has 132 valence electrons. The fourth-order valence-electron chi connectivity index (χ4n) is 2.47. The van der Waals surface area contributed by atoms with Crippen LogP contribution < -0.4 is 10.6 Å². The Hall–Kier alpha value is -1.70. The zero-order valence-corrected chi connectivity index (χ0v) is 14.2. The van der Waals surface area contributed by atoms with Crippen molar-refractivity contribution in [1.29, 1.82) is 0 Å². The first-order valence-corrected chi connectivity index (χ1v) is 8.56. The second kappa shape index (κ2) is 7.46. The molecule has 0 bridgehead atoms. The van der Waals surface area contributed by atoms with Crippen LogP contribution in [-0.4, -0.2) is 23.1 Å². The minimum absolute atomic E-state index is 0.00891. The fraction of sp³-hybridized carbons (Fsp3) is 0.500. The van der Waals surface area contributed by atoms with Crippen LogP contribution in [0.1, 0.15) is 38.7 Å². The minimum atomic E-state index is -4.46. The van der Waals surface area contributed by atoms with Crippen molar-refractivity contribution in [3.05, 3.63) is 23.8 Å². The number of alkyl halides is 3. The topological polar surface area (TPSA) is 58.2 Å². The van der Waals surface area contributed by atoms with Crippen LogP contribution in [0.3, 0.4) is 0 Å². The number of nitrogens with one attached hydrogen (secondary N) is 2. The van der Waals surface area contributed by atoms with E-state index in [9.17, 15) is 22.8 Å². The first-order valence-electron chi connectivity index (χ1n) is 7.68. The molecule has 4 nitrogen and oxygen atoms in total. The summed E-state index contributed by atoms with van der Waals surface area (Å²) in [6.07, 6.45) is -2.69. The highest BCUT2D eigenvalue weighted by Crippen LogP contribution is 2.40. The van der Waals surface area contributed by atoms with Crippen molar-refractivity contribution in [3.8, 4) is 0 Å². The van der Waals surface area contributed by atoms with Crippen molar-refractivity contribution in [2.75, 3.05) is 5.32 Å². The molecule has 1 aliphatic rings. The molecule has 0 unspecified atom stereocenters. The Morgan fingerprint density at radius 3 is 2.75 bits per heavy atom. The van der Waals surface area contributed by atoms with Crippen LogP contribution in [0.15, 0.2) is 23.1 Å². The Morgan fingerprint density at radius 2 is 2.12 bits per heavy atom. The van der Waals surface area contributed by atoms with E-state index in [-0.39, 0.29) is 24.1 Å². The second-order valence-electron chi connectivity index (χ2n) is 5.77. The first kappa shape index (κ1) is 18.6. The molecule has 0 spiro atoms. The van der Waals surface area contributed by atoms with Crippen LogP contribution in [-0.2, 0) is 15.8 Å². The van der Waals surface area contributed by atoms with Gasteiger partial charge < -0.3 is 10.6 Å². The molecule has 24 heavy (non-hydrogen) atoms. The summed E-state index contributed by atoms with van der Waals surface area (Å²) < 4.78 is 38.1. The molecule has 0 aliphatic carbocycles. The van der Waals surface area contributed by atoms with Gasteiger partial charge in [0.15, 0.2) is 0 Å². The lowest BCUT2D eigenvalue weighted by atomic mass is 10.1. The van der Waals surface area contributed by atoms with Crippen molar-refractivity contribution in [1.82, 2.24) is 5.32 Å². The number of fused-ring (bicyclic) bond motifs is 1. The SMILES string of the molecule is CCC[C@H](C)NC(=O)C[C@H]1Sc2ccc(C(F)(F)F)cc2NC1=O. The first-order chi connectivity index (χ1) is 11.2. The molecule has 1 heterocycles. The summed E-state index contributed by atoms with van der Waals surface area (Å²) >= 11 is 1.11. The van der Waals surface area contributed by atoms with Gasteiger partial charge in [0.1, 0.15) is 0 Å². The standard InChI is InChI=1S/C16H19F3N2O2S/c1-3-4-9(2)20-14(22)8-13-15(23)21-11-7-10(16(17,18)19)5-6-12(11)24-13/h5-7,9,13H,3-4,8H2,1-2H3,(H,20,22)(H,21,23)/t9-,13+/m0/s1. The van der Waals surface area contributed by atoms with Crippen molar-refractivity contribution >= 4 is 29.3 Å². The van der Waals surface area contributed by atoms with E-state index in [1.807, 2.05) is 13.8 Å². The molecule has 1 aliphatic heterocycles. The summed E-state index contributed by atoms with van der Waals surface area (Å²) in [7, 11) is 0. The summed E-state index contributed by atoms with van der Waals surface area (Å²) in [6, 6.07) is 3.25. The molecular formula is C16H19F3N2O2S. The molecule has 2 rings (SSSR count). The van der Waals surface area contributed by atoms with Gasteiger partial charge in [-0.05, 0) is 31.5 Å². The molecule has 0 aromatic heterocycles. The Kier molecular flexibility index (Phi) is 5.79. The minimum Gasteiger partial charge on any atom is -0.354 e. The number of anilines is 1. The molecule has 8 heteroatoms. The van der Waals surface area contributed by atoms with E-state index in [0.717, 1.165) is 36.7 Å². The van der Waals surface area contributed by atoms with Gasteiger partial charge in [-0.3, -0.25) is 9.59 Å². The van der Waals surface area contributed by atoms with Gasteiger partial charge in [0, 0.05) is 17.4 Å². The monoisotopic (exact) mass is 360 g/mol. The van der Waals surface area contributed by atoms with Gasteiger partial charge in [0.05, 0.1) is 16.5 Å². The Bertz CT molecular complexity index is 634. The maximum absolute atomic E-state index is 12.7. The number of amides is 2. The van der Waals surface area contributed by atoms with Gasteiger partial charge in [0.25, 0.3) is 0 Å². The molecule has 0 radical (unpaired) electrons. The normalized spacial score (nSPS) is 18.5. The number of hydrogen-bond donors (Lipinski definition) is 2. The highest BCUT2D eigenvalue weighted by atomic mass is 32.2. The number of hydrogen-bond acceptors (Lipinski definition) is 3. The predicted octanol–water partition coefficient (Wildman–Crippen LogP) is 3.81. The van der Waals surface area contributed by atoms with E-state index in [0.29, 0.717) is 4.90 Å². The van der Waals surface area contributed by atoms with Crippen LogP contribution >= 0.6 is 11.8 Å². The van der Waals surface area contributed by atoms with Crippen LogP contribution in [0.4, 0.5) is 18.9 Å². The van der Waals surface area contributed by atoms with E-state index >= 15 is 0 Å². The predicted molar refractivity (Wildman–Crippen MR) is 86.8 cm³/mol. The summed E-state index contributed by atoms with van der Waals surface area (Å²) in [5.74, 6) is -0.691. The maximum atomic E-state index is 12.7. The van der Waals surface area contributed by atoms with Gasteiger partial charge in [0.2, 0.25) is 11.8 Å². The van der Waals surface area contributed by atoms with E-state index in [4.69, 9.17) is 0 Å². The van der Waals surface area contributed by atoms with Crippen molar-refractivity contribution < 1.29 is 22.8 Å². The van der Waals surface area contributed by atoms with Crippen molar-refractivity contribution in [3.63, 3.8) is 0 Å². The molecule has 2 atom stereocenters. The van der Waals surface area contributed by atoms with Gasteiger partial charge in [-0.15, -0.1) is 11.8 Å². The number of carbonyl (C=O) groups is 2. The van der Waals surface area contributed by atoms with E-state index < -0.39 is 22.9 Å². The van der Waals surface area contributed by atoms with Crippen LogP contribution in [0.5, 0.6) is 0 Å². The molecule has 1 aromatic rings. The number of halogens is 3. The Labute approximate surface area is 142 Å². The molecule has 1 aromatic carbocycles. The Balaban J connectivity index is 2.05. The summed E-state index contributed by atoms with van der Waals surface area (Å²) in [4.78, 5) is 24.6. The van der Waals surface area contributed by atoms with E-state index in [1.54, 1.807) is 0 Å². The molecule has 0 saturated heterocycles. The second-order valence-corrected chi connectivity index (χ2v) is 7.01. The fourth-order valence-corrected chi connectivity index (χ4v) is 3.56. The summed E-state index contributed by atoms with van der Waals surface area (Å²) in [5.41, 5.74) is -0.678. The van der Waals surface area contributed by atoms with Crippen LogP contribution in [0.25, 0.3) is 0 Å². The largest absolute Gasteiger partial charge is 0.416 e. The highest BCUT2D eigenvalue weighted by molar-refractivity contribution is 8.01. The average molecular weight is 360 g/mol.